The lowest BCUT2D eigenvalue weighted by Crippen LogP contribution is -1.96. The Kier molecular flexibility index (Phi) is 4.73. The fraction of sp³-hybridized carbons (Fsp3) is 0.0588. The third kappa shape index (κ3) is 3.97. The summed E-state index contributed by atoms with van der Waals surface area (Å²) in [7, 11) is 0. The SMILES string of the molecule is O=C(O)c1csc(-c2cccc(OCc3ccc(Br)cc3)c2)n1. The number of carboxylic acid groups (broad SMARTS) is 1. The van der Waals surface area contributed by atoms with E-state index in [4.69, 9.17) is 9.84 Å². The molecule has 1 N–H and O–H groups in total. The molecule has 0 bridgehead atoms. The summed E-state index contributed by atoms with van der Waals surface area (Å²) in [4.78, 5) is 15.0. The van der Waals surface area contributed by atoms with Gasteiger partial charge in [0.05, 0.1) is 0 Å². The van der Waals surface area contributed by atoms with Crippen LogP contribution in [0.3, 0.4) is 0 Å². The molecule has 0 saturated carbocycles. The van der Waals surface area contributed by atoms with Crippen LogP contribution in [0.1, 0.15) is 16.1 Å². The fourth-order valence-corrected chi connectivity index (χ4v) is 3.03. The number of hydrogen-bond acceptors (Lipinski definition) is 4. The Morgan fingerprint density at radius 1 is 1.22 bits per heavy atom. The van der Waals surface area contributed by atoms with E-state index in [1.54, 1.807) is 0 Å². The third-order valence-corrected chi connectivity index (χ3v) is 4.54. The Labute approximate surface area is 145 Å². The molecule has 0 radical (unpaired) electrons. The number of rotatable bonds is 5. The molecule has 0 fully saturated rings. The summed E-state index contributed by atoms with van der Waals surface area (Å²) in [5, 5.41) is 11.1. The predicted octanol–water partition coefficient (Wildman–Crippen LogP) is 4.85. The number of hydrogen-bond donors (Lipinski definition) is 1. The van der Waals surface area contributed by atoms with Gasteiger partial charge in [0.25, 0.3) is 0 Å². The van der Waals surface area contributed by atoms with E-state index in [9.17, 15) is 4.79 Å². The summed E-state index contributed by atoms with van der Waals surface area (Å²) in [6.07, 6.45) is 0. The third-order valence-electron chi connectivity index (χ3n) is 3.12. The lowest BCUT2D eigenvalue weighted by Gasteiger charge is -2.07. The monoisotopic (exact) mass is 389 g/mol. The van der Waals surface area contributed by atoms with Crippen molar-refractivity contribution in [2.45, 2.75) is 6.61 Å². The van der Waals surface area contributed by atoms with Crippen LogP contribution >= 0.6 is 27.3 Å². The van der Waals surface area contributed by atoms with E-state index in [0.29, 0.717) is 11.6 Å². The summed E-state index contributed by atoms with van der Waals surface area (Å²) >= 11 is 4.70. The molecule has 3 rings (SSSR count). The molecule has 0 atom stereocenters. The van der Waals surface area contributed by atoms with E-state index in [2.05, 4.69) is 20.9 Å². The smallest absolute Gasteiger partial charge is 0.355 e. The summed E-state index contributed by atoms with van der Waals surface area (Å²) in [6.45, 7) is 0.467. The topological polar surface area (TPSA) is 59.4 Å². The average molecular weight is 390 g/mol. The van der Waals surface area contributed by atoms with Crippen LogP contribution in [-0.4, -0.2) is 16.1 Å². The molecule has 1 aromatic heterocycles. The van der Waals surface area contributed by atoms with Crippen LogP contribution in [0.5, 0.6) is 5.75 Å². The largest absolute Gasteiger partial charge is 0.489 e. The van der Waals surface area contributed by atoms with Crippen LogP contribution in [0.25, 0.3) is 10.6 Å². The van der Waals surface area contributed by atoms with E-state index in [1.165, 1.54) is 16.7 Å². The molecule has 4 nitrogen and oxygen atoms in total. The van der Waals surface area contributed by atoms with E-state index >= 15 is 0 Å². The van der Waals surface area contributed by atoms with Gasteiger partial charge in [-0.3, -0.25) is 0 Å². The zero-order valence-electron chi connectivity index (χ0n) is 11.9. The van der Waals surface area contributed by atoms with Crippen LogP contribution < -0.4 is 4.74 Å². The normalized spacial score (nSPS) is 10.5. The van der Waals surface area contributed by atoms with Crippen molar-refractivity contribution < 1.29 is 14.6 Å². The Balaban J connectivity index is 1.74. The molecule has 0 spiro atoms. The van der Waals surface area contributed by atoms with E-state index in [1.807, 2.05) is 48.5 Å². The number of aromatic carboxylic acids is 1. The van der Waals surface area contributed by atoms with Crippen LogP contribution in [0.2, 0.25) is 0 Å². The van der Waals surface area contributed by atoms with Crippen molar-refractivity contribution in [2.24, 2.45) is 0 Å². The van der Waals surface area contributed by atoms with Gasteiger partial charge in [0.2, 0.25) is 0 Å². The minimum atomic E-state index is -1.02. The van der Waals surface area contributed by atoms with Gasteiger partial charge in [-0.25, -0.2) is 9.78 Å². The van der Waals surface area contributed by atoms with Gasteiger partial charge >= 0.3 is 5.97 Å². The summed E-state index contributed by atoms with van der Waals surface area (Å²) in [5.41, 5.74) is 1.98. The number of ether oxygens (including phenoxy) is 1. The van der Waals surface area contributed by atoms with Gasteiger partial charge in [-0.05, 0) is 29.8 Å². The van der Waals surface area contributed by atoms with Crippen molar-refractivity contribution in [1.29, 1.82) is 0 Å². The molecule has 6 heteroatoms. The Hall–Kier alpha value is -2.18. The number of benzene rings is 2. The van der Waals surface area contributed by atoms with Crippen molar-refractivity contribution in [2.75, 3.05) is 0 Å². The molecule has 1 heterocycles. The molecule has 23 heavy (non-hydrogen) atoms. The van der Waals surface area contributed by atoms with Crippen molar-refractivity contribution in [1.82, 2.24) is 4.98 Å². The van der Waals surface area contributed by atoms with E-state index in [0.717, 1.165) is 21.3 Å². The molecule has 0 saturated heterocycles. The first-order chi connectivity index (χ1) is 11.1. The Bertz CT molecular complexity index is 830. The fourth-order valence-electron chi connectivity index (χ4n) is 1.97. The minimum absolute atomic E-state index is 0.0613. The first-order valence-electron chi connectivity index (χ1n) is 6.78. The lowest BCUT2D eigenvalue weighted by atomic mass is 10.2. The quantitative estimate of drug-likeness (QED) is 0.677. The number of carbonyl (C=O) groups is 1. The van der Waals surface area contributed by atoms with E-state index < -0.39 is 5.97 Å². The highest BCUT2D eigenvalue weighted by Gasteiger charge is 2.10. The number of halogens is 1. The molecular weight excluding hydrogens is 378 g/mol. The summed E-state index contributed by atoms with van der Waals surface area (Å²) in [5.74, 6) is -0.298. The highest BCUT2D eigenvalue weighted by molar-refractivity contribution is 9.10. The first-order valence-corrected chi connectivity index (χ1v) is 8.45. The highest BCUT2D eigenvalue weighted by atomic mass is 79.9. The molecule has 3 aromatic rings. The Morgan fingerprint density at radius 3 is 2.70 bits per heavy atom. The van der Waals surface area contributed by atoms with Gasteiger partial charge < -0.3 is 9.84 Å². The maximum Gasteiger partial charge on any atom is 0.355 e. The molecule has 2 aromatic carbocycles. The zero-order chi connectivity index (χ0) is 16.2. The predicted molar refractivity (Wildman–Crippen MR) is 93.0 cm³/mol. The molecular formula is C17H12BrNO3S. The number of thiazole rings is 1. The minimum Gasteiger partial charge on any atom is -0.489 e. The van der Waals surface area contributed by atoms with Gasteiger partial charge in [0.1, 0.15) is 17.4 Å². The molecule has 0 amide bonds. The van der Waals surface area contributed by atoms with Crippen molar-refractivity contribution in [3.8, 4) is 16.3 Å². The van der Waals surface area contributed by atoms with Crippen molar-refractivity contribution in [3.63, 3.8) is 0 Å². The lowest BCUT2D eigenvalue weighted by molar-refractivity contribution is 0.0691. The van der Waals surface area contributed by atoms with Crippen molar-refractivity contribution in [3.05, 3.63) is 69.6 Å². The average Bonchev–Trinajstić information content (AvgIpc) is 3.05. The summed E-state index contributed by atoms with van der Waals surface area (Å²) < 4.78 is 6.82. The molecule has 0 unspecified atom stereocenters. The van der Waals surface area contributed by atoms with Crippen LogP contribution in [0.4, 0.5) is 0 Å². The molecule has 0 aliphatic heterocycles. The maximum atomic E-state index is 10.9. The molecule has 116 valence electrons. The van der Waals surface area contributed by atoms with Crippen LogP contribution in [-0.2, 0) is 6.61 Å². The second-order valence-corrected chi connectivity index (χ2v) is 6.56. The van der Waals surface area contributed by atoms with Gasteiger partial charge in [0, 0.05) is 15.4 Å². The van der Waals surface area contributed by atoms with Gasteiger partial charge in [-0.15, -0.1) is 11.3 Å². The first kappa shape index (κ1) is 15.7. The highest BCUT2D eigenvalue weighted by Crippen LogP contribution is 2.27. The second kappa shape index (κ2) is 6.93. The summed E-state index contributed by atoms with van der Waals surface area (Å²) in [6, 6.07) is 15.4. The van der Waals surface area contributed by atoms with Crippen LogP contribution in [0.15, 0.2) is 58.4 Å². The zero-order valence-corrected chi connectivity index (χ0v) is 14.3. The number of aromatic nitrogens is 1. The van der Waals surface area contributed by atoms with Gasteiger partial charge in [-0.2, -0.15) is 0 Å². The molecule has 0 aliphatic rings. The maximum absolute atomic E-state index is 10.9. The molecule has 0 aliphatic carbocycles. The Morgan fingerprint density at radius 2 is 2.00 bits per heavy atom. The van der Waals surface area contributed by atoms with Gasteiger partial charge in [0.15, 0.2) is 5.69 Å². The van der Waals surface area contributed by atoms with Crippen LogP contribution in [0, 0.1) is 0 Å². The van der Waals surface area contributed by atoms with Gasteiger partial charge in [-0.1, -0.05) is 40.2 Å². The number of carboxylic acids is 1. The van der Waals surface area contributed by atoms with Crippen molar-refractivity contribution >= 4 is 33.2 Å². The van der Waals surface area contributed by atoms with E-state index in [-0.39, 0.29) is 5.69 Å². The standard InChI is InChI=1S/C17H12BrNO3S/c18-13-6-4-11(5-7-13)9-22-14-3-1-2-12(8-14)16-19-15(10-23-16)17(20)21/h1-8,10H,9H2,(H,20,21). The number of nitrogens with zero attached hydrogens (tertiary/aromatic N) is 1. The second-order valence-electron chi connectivity index (χ2n) is 4.79.